The van der Waals surface area contributed by atoms with Gasteiger partial charge in [-0.1, -0.05) is 35.3 Å². The molecule has 1 unspecified atom stereocenters. The van der Waals surface area contributed by atoms with Crippen LogP contribution < -0.4 is 0 Å². The maximum absolute atomic E-state index is 9.44. The second kappa shape index (κ2) is 6.08. The van der Waals surface area contributed by atoms with Gasteiger partial charge < -0.3 is 5.11 Å². The van der Waals surface area contributed by atoms with Gasteiger partial charge in [0, 0.05) is 18.7 Å². The molecule has 108 valence electrons. The number of rotatable bonds is 3. The molecule has 3 rings (SSSR count). The van der Waals surface area contributed by atoms with Gasteiger partial charge in [0.05, 0.1) is 24.9 Å². The summed E-state index contributed by atoms with van der Waals surface area (Å²) in [5, 5.41) is 17.5. The van der Waals surface area contributed by atoms with Crippen molar-refractivity contribution in [1.29, 1.82) is 0 Å². The minimum atomic E-state index is -0.563. The monoisotopic (exact) mass is 282 g/mol. The van der Waals surface area contributed by atoms with Crippen LogP contribution >= 0.6 is 0 Å². The summed E-state index contributed by atoms with van der Waals surface area (Å²) in [5.41, 5.74) is 1.67. The largest absolute Gasteiger partial charge is 0.387 e. The Hall–Kier alpha value is -2.16. The van der Waals surface area contributed by atoms with E-state index in [4.69, 9.17) is 0 Å². The van der Waals surface area contributed by atoms with Gasteiger partial charge in [0.15, 0.2) is 0 Å². The first kappa shape index (κ1) is 13.8. The summed E-state index contributed by atoms with van der Waals surface area (Å²) in [6, 6.07) is 10.3. The highest BCUT2D eigenvalue weighted by molar-refractivity contribution is 5.33. The number of aliphatic hydroxyl groups excluding tert-OH is 1. The second-order valence-corrected chi connectivity index (χ2v) is 5.32. The fraction of sp³-hybridized carbons (Fsp3) is 0.375. The average molecular weight is 282 g/mol. The normalized spacial score (nSPS) is 16.9. The van der Waals surface area contributed by atoms with E-state index >= 15 is 0 Å². The van der Waals surface area contributed by atoms with Crippen LogP contribution in [0.2, 0.25) is 0 Å². The summed E-state index contributed by atoms with van der Waals surface area (Å²) < 4.78 is 1.84. The molecule has 5 heteroatoms. The molecule has 1 N–H and O–H groups in total. The van der Waals surface area contributed by atoms with E-state index in [-0.39, 0.29) is 0 Å². The Morgan fingerprint density at radius 1 is 1.33 bits per heavy atom. The summed E-state index contributed by atoms with van der Waals surface area (Å²) >= 11 is 0. The molecule has 0 spiro atoms. The van der Waals surface area contributed by atoms with Crippen molar-refractivity contribution in [3.05, 3.63) is 47.8 Å². The molecule has 1 aromatic carbocycles. The molecule has 2 aromatic rings. The predicted octanol–water partition coefficient (Wildman–Crippen LogP) is 1.24. The smallest absolute Gasteiger partial charge is 0.111 e. The third-order valence-electron chi connectivity index (χ3n) is 3.58. The van der Waals surface area contributed by atoms with E-state index in [9.17, 15) is 5.11 Å². The van der Waals surface area contributed by atoms with E-state index in [1.165, 1.54) is 0 Å². The van der Waals surface area contributed by atoms with Gasteiger partial charge in [0.25, 0.3) is 0 Å². The molecule has 1 aromatic heterocycles. The molecule has 1 fully saturated rings. The minimum Gasteiger partial charge on any atom is -0.387 e. The Kier molecular flexibility index (Phi) is 4.00. The number of likely N-dealkylation sites (tertiary alicyclic amines) is 1. The van der Waals surface area contributed by atoms with E-state index in [1.54, 1.807) is 6.92 Å². The summed E-state index contributed by atoms with van der Waals surface area (Å²) in [4.78, 5) is 2.27. The first-order valence-corrected chi connectivity index (χ1v) is 7.08. The molecule has 1 aliphatic heterocycles. The van der Waals surface area contributed by atoms with Crippen LogP contribution in [-0.4, -0.2) is 44.6 Å². The lowest BCUT2D eigenvalue weighted by molar-refractivity contribution is 0.113. The number of hydrogen-bond acceptors (Lipinski definition) is 4. The van der Waals surface area contributed by atoms with E-state index in [0.29, 0.717) is 11.7 Å². The molecular formula is C16H18N4O. The predicted molar refractivity (Wildman–Crippen MR) is 79.5 cm³/mol. The van der Waals surface area contributed by atoms with Crippen LogP contribution in [0.1, 0.15) is 30.3 Å². The number of nitrogens with zero attached hydrogens (tertiary/aromatic N) is 4. The van der Waals surface area contributed by atoms with Crippen molar-refractivity contribution in [3.63, 3.8) is 0 Å². The molecule has 1 saturated heterocycles. The molecule has 0 radical (unpaired) electrons. The Morgan fingerprint density at radius 3 is 2.76 bits per heavy atom. The van der Waals surface area contributed by atoms with Crippen LogP contribution in [0.3, 0.4) is 0 Å². The lowest BCUT2D eigenvalue weighted by Gasteiger charge is -2.37. The van der Waals surface area contributed by atoms with Gasteiger partial charge in [0.1, 0.15) is 5.69 Å². The van der Waals surface area contributed by atoms with Gasteiger partial charge in [-0.3, -0.25) is 4.90 Å². The number of aromatic nitrogens is 3. The molecule has 0 amide bonds. The molecule has 5 nitrogen and oxygen atoms in total. The summed E-state index contributed by atoms with van der Waals surface area (Å²) in [6.45, 7) is 4.31. The van der Waals surface area contributed by atoms with Crippen LogP contribution in [0, 0.1) is 11.8 Å². The zero-order valence-electron chi connectivity index (χ0n) is 12.0. The summed E-state index contributed by atoms with van der Waals surface area (Å²) in [6.07, 6.45) is 1.26. The topological polar surface area (TPSA) is 54.2 Å². The maximum atomic E-state index is 9.44. The van der Waals surface area contributed by atoms with Crippen molar-refractivity contribution >= 4 is 0 Å². The Morgan fingerprint density at radius 2 is 2.10 bits per heavy atom. The fourth-order valence-corrected chi connectivity index (χ4v) is 2.27. The van der Waals surface area contributed by atoms with Gasteiger partial charge in [0.2, 0.25) is 0 Å². The van der Waals surface area contributed by atoms with Crippen molar-refractivity contribution in [2.45, 2.75) is 19.1 Å². The maximum Gasteiger partial charge on any atom is 0.111 e. The lowest BCUT2D eigenvalue weighted by Crippen LogP contribution is -2.47. The van der Waals surface area contributed by atoms with Crippen LogP contribution in [0.15, 0.2) is 36.5 Å². The van der Waals surface area contributed by atoms with Crippen molar-refractivity contribution < 1.29 is 5.11 Å². The van der Waals surface area contributed by atoms with Gasteiger partial charge in [-0.25, -0.2) is 4.68 Å². The zero-order valence-corrected chi connectivity index (χ0v) is 12.0. The lowest BCUT2D eigenvalue weighted by atomic mass is 10.1. The Balaban J connectivity index is 1.49. The van der Waals surface area contributed by atoms with Gasteiger partial charge >= 0.3 is 0 Å². The molecule has 2 heterocycles. The average Bonchev–Trinajstić information content (AvgIpc) is 2.92. The van der Waals surface area contributed by atoms with Crippen molar-refractivity contribution in [1.82, 2.24) is 19.9 Å². The van der Waals surface area contributed by atoms with E-state index in [1.807, 2.05) is 41.2 Å². The zero-order chi connectivity index (χ0) is 14.7. The number of benzene rings is 1. The third-order valence-corrected chi connectivity index (χ3v) is 3.58. The van der Waals surface area contributed by atoms with Crippen LogP contribution in [0.4, 0.5) is 0 Å². The molecule has 0 bridgehead atoms. The molecular weight excluding hydrogens is 264 g/mol. The molecule has 0 aliphatic carbocycles. The van der Waals surface area contributed by atoms with Crippen LogP contribution in [0.5, 0.6) is 0 Å². The van der Waals surface area contributed by atoms with Crippen molar-refractivity contribution in [3.8, 4) is 11.8 Å². The van der Waals surface area contributed by atoms with Crippen molar-refractivity contribution in [2.24, 2.45) is 0 Å². The molecule has 0 saturated carbocycles. The summed E-state index contributed by atoms with van der Waals surface area (Å²) in [5.74, 6) is 6.35. The van der Waals surface area contributed by atoms with Crippen LogP contribution in [-0.2, 0) is 0 Å². The molecule has 21 heavy (non-hydrogen) atoms. The number of hydrogen-bond donors (Lipinski definition) is 1. The second-order valence-electron chi connectivity index (χ2n) is 5.32. The summed E-state index contributed by atoms with van der Waals surface area (Å²) in [7, 11) is 0. The quantitative estimate of drug-likeness (QED) is 0.861. The first-order chi connectivity index (χ1) is 10.2. The highest BCUT2D eigenvalue weighted by Crippen LogP contribution is 2.20. The van der Waals surface area contributed by atoms with Gasteiger partial charge in [-0.15, -0.1) is 5.10 Å². The Labute approximate surface area is 124 Å². The van der Waals surface area contributed by atoms with Crippen molar-refractivity contribution in [2.75, 3.05) is 19.6 Å². The Bertz CT molecular complexity index is 648. The van der Waals surface area contributed by atoms with E-state index in [2.05, 4.69) is 27.1 Å². The van der Waals surface area contributed by atoms with Crippen LogP contribution in [0.25, 0.3) is 0 Å². The number of aliphatic hydroxyl groups is 1. The fourth-order valence-electron chi connectivity index (χ4n) is 2.27. The molecule has 1 aliphatic rings. The molecule has 1 atom stereocenters. The van der Waals surface area contributed by atoms with E-state index in [0.717, 1.165) is 25.2 Å². The van der Waals surface area contributed by atoms with Gasteiger partial charge in [-0.2, -0.15) is 0 Å². The first-order valence-electron chi connectivity index (χ1n) is 7.08. The highest BCUT2D eigenvalue weighted by Gasteiger charge is 2.28. The van der Waals surface area contributed by atoms with E-state index < -0.39 is 6.10 Å². The third kappa shape index (κ3) is 3.30. The standard InChI is InChI=1S/C16H18N4O/c1-13(21)16-12-20(18-17-16)15-10-19(11-15)9-5-8-14-6-3-2-4-7-14/h2-4,6-7,12-13,15,21H,9-11H2,1H3. The van der Waals surface area contributed by atoms with Gasteiger partial charge in [-0.05, 0) is 19.1 Å². The minimum absolute atomic E-state index is 0.337. The SMILES string of the molecule is CC(O)c1cn(C2CN(CC#Cc3ccccc3)C2)nn1. The highest BCUT2D eigenvalue weighted by atomic mass is 16.3.